The van der Waals surface area contributed by atoms with Crippen LogP contribution in [0.25, 0.3) is 55.1 Å². The quantitative estimate of drug-likeness (QED) is 0.154. The zero-order valence-electron chi connectivity index (χ0n) is 24.4. The van der Waals surface area contributed by atoms with E-state index >= 15 is 0 Å². The summed E-state index contributed by atoms with van der Waals surface area (Å²) in [5.74, 6) is 2.35. The molecule has 1 aromatic heterocycles. The second-order valence-electron chi connectivity index (χ2n) is 11.3. The van der Waals surface area contributed by atoms with Gasteiger partial charge in [0.05, 0.1) is 5.70 Å². The monoisotopic (exact) mass is 577 g/mol. The molecule has 0 aliphatic carbocycles. The van der Waals surface area contributed by atoms with Gasteiger partial charge in [-0.1, -0.05) is 121 Å². The third-order valence-corrected chi connectivity index (χ3v) is 8.73. The van der Waals surface area contributed by atoms with E-state index in [2.05, 4.69) is 149 Å². The van der Waals surface area contributed by atoms with Crippen molar-refractivity contribution >= 4 is 49.4 Å². The molecule has 0 radical (unpaired) electrons. The number of benzene rings is 6. The molecule has 2 aliphatic heterocycles. The van der Waals surface area contributed by atoms with Crippen LogP contribution < -0.4 is 4.90 Å². The van der Waals surface area contributed by atoms with E-state index in [9.17, 15) is 0 Å². The van der Waals surface area contributed by atoms with Crippen molar-refractivity contribution in [1.82, 2.24) is 19.9 Å². The molecule has 212 valence electrons. The number of para-hydroxylation sites is 1. The Morgan fingerprint density at radius 3 is 2.11 bits per heavy atom. The van der Waals surface area contributed by atoms with Gasteiger partial charge in [0.1, 0.15) is 17.8 Å². The van der Waals surface area contributed by atoms with E-state index in [1.54, 1.807) is 6.33 Å². The van der Waals surface area contributed by atoms with Gasteiger partial charge in [-0.2, -0.15) is 0 Å². The molecule has 7 aromatic rings. The van der Waals surface area contributed by atoms with E-state index in [0.717, 1.165) is 56.7 Å². The van der Waals surface area contributed by atoms with Gasteiger partial charge in [-0.15, -0.1) is 0 Å². The third-order valence-electron chi connectivity index (χ3n) is 8.73. The van der Waals surface area contributed by atoms with Crippen LogP contribution >= 0.6 is 0 Å². The van der Waals surface area contributed by atoms with E-state index in [1.165, 1.54) is 16.2 Å². The second kappa shape index (κ2) is 10.3. The highest BCUT2D eigenvalue weighted by atomic mass is 15.4. The molecule has 0 bridgehead atoms. The fourth-order valence-corrected chi connectivity index (χ4v) is 6.78. The van der Waals surface area contributed by atoms with Crippen LogP contribution in [0.1, 0.15) is 11.4 Å². The van der Waals surface area contributed by atoms with Gasteiger partial charge >= 0.3 is 0 Å². The lowest BCUT2D eigenvalue weighted by Crippen LogP contribution is -2.27. The SMILES string of the molecule is C1=CCN2C(=C1)N(c1ccccc1)C(c1ncnc(-c3c4ccccc4cc4c3ccc3ccccc34)n1)=C2c1ccccc1. The molecule has 0 atom stereocenters. The Kier molecular flexibility index (Phi) is 5.81. The Labute approximate surface area is 260 Å². The molecule has 0 amide bonds. The highest BCUT2D eigenvalue weighted by Crippen LogP contribution is 2.46. The molecule has 6 aromatic carbocycles. The molecular weight excluding hydrogens is 550 g/mol. The van der Waals surface area contributed by atoms with Gasteiger partial charge < -0.3 is 4.90 Å². The zero-order valence-corrected chi connectivity index (χ0v) is 24.4. The lowest BCUT2D eigenvalue weighted by atomic mass is 9.93. The summed E-state index contributed by atoms with van der Waals surface area (Å²) in [6.45, 7) is 0.752. The molecule has 5 nitrogen and oxygen atoms in total. The van der Waals surface area contributed by atoms with E-state index in [0.29, 0.717) is 11.6 Å². The first-order valence-electron chi connectivity index (χ1n) is 15.2. The highest BCUT2D eigenvalue weighted by molar-refractivity contribution is 6.19. The summed E-state index contributed by atoms with van der Waals surface area (Å²) in [4.78, 5) is 19.7. The molecule has 0 fully saturated rings. The number of hydrogen-bond acceptors (Lipinski definition) is 5. The molecule has 0 unspecified atom stereocenters. The average molecular weight is 578 g/mol. The van der Waals surface area contributed by atoms with E-state index in [4.69, 9.17) is 15.0 Å². The highest BCUT2D eigenvalue weighted by Gasteiger charge is 2.38. The molecule has 0 saturated carbocycles. The Morgan fingerprint density at radius 2 is 1.27 bits per heavy atom. The third kappa shape index (κ3) is 4.05. The Morgan fingerprint density at radius 1 is 0.556 bits per heavy atom. The molecule has 5 heteroatoms. The summed E-state index contributed by atoms with van der Waals surface area (Å²) >= 11 is 0. The first kappa shape index (κ1) is 25.4. The molecule has 2 aliphatic rings. The van der Waals surface area contributed by atoms with Crippen LogP contribution in [0, 0.1) is 0 Å². The van der Waals surface area contributed by atoms with Crippen LogP contribution in [-0.4, -0.2) is 26.4 Å². The molecule has 0 saturated heterocycles. The minimum atomic E-state index is 0.625. The topological polar surface area (TPSA) is 45.2 Å². The molecular formula is C40H27N5. The van der Waals surface area contributed by atoms with Gasteiger partial charge in [-0.25, -0.2) is 15.0 Å². The summed E-state index contributed by atoms with van der Waals surface area (Å²) in [5, 5.41) is 7.01. The maximum atomic E-state index is 5.32. The predicted octanol–water partition coefficient (Wildman–Crippen LogP) is 9.06. The minimum Gasteiger partial charge on any atom is -0.321 e. The molecule has 3 heterocycles. The van der Waals surface area contributed by atoms with E-state index in [-0.39, 0.29) is 0 Å². The van der Waals surface area contributed by atoms with Crippen LogP contribution in [-0.2, 0) is 0 Å². The standard InChI is InChI=1S/C40H27N5/c1-3-14-28(15-4-1)37-38(45(30-17-5-2-6-18-30)35-21-11-12-24-44(35)37)40-42-26-41-39(43-40)36-32-20-10-8-16-29(32)25-34-31-19-9-7-13-27(31)22-23-33(34)36/h1-23,25-26H,24H2. The Bertz CT molecular complexity index is 2360. The maximum absolute atomic E-state index is 5.32. The van der Waals surface area contributed by atoms with Crippen LogP contribution in [0.5, 0.6) is 0 Å². The summed E-state index contributed by atoms with van der Waals surface area (Å²) in [6.07, 6.45) is 8.13. The van der Waals surface area contributed by atoms with Crippen molar-refractivity contribution in [3.63, 3.8) is 0 Å². The van der Waals surface area contributed by atoms with E-state index < -0.39 is 0 Å². The number of allylic oxidation sites excluding steroid dienone is 2. The van der Waals surface area contributed by atoms with Gasteiger partial charge in [-0.05, 0) is 56.6 Å². The summed E-state index contributed by atoms with van der Waals surface area (Å²) in [5.41, 5.74) is 5.18. The largest absolute Gasteiger partial charge is 0.321 e. The molecule has 9 rings (SSSR count). The van der Waals surface area contributed by atoms with Crippen LogP contribution in [0.2, 0.25) is 0 Å². The van der Waals surface area contributed by atoms with Gasteiger partial charge in [0.15, 0.2) is 11.6 Å². The minimum absolute atomic E-state index is 0.625. The van der Waals surface area contributed by atoms with Crippen LogP contribution in [0.15, 0.2) is 158 Å². The van der Waals surface area contributed by atoms with Crippen molar-refractivity contribution < 1.29 is 0 Å². The second-order valence-corrected chi connectivity index (χ2v) is 11.3. The normalized spacial score (nSPS) is 14.4. The van der Waals surface area contributed by atoms with Crippen molar-refractivity contribution in [1.29, 1.82) is 0 Å². The summed E-state index contributed by atoms with van der Waals surface area (Å²) in [7, 11) is 0. The van der Waals surface area contributed by atoms with Gasteiger partial charge in [0.25, 0.3) is 0 Å². The smallest absolute Gasteiger partial charge is 0.182 e. The Balaban J connectivity index is 1.34. The molecule has 0 N–H and O–H groups in total. The fraction of sp³-hybridized carbons (Fsp3) is 0.0250. The van der Waals surface area contributed by atoms with Gasteiger partial charge in [0.2, 0.25) is 0 Å². The van der Waals surface area contributed by atoms with Crippen molar-refractivity contribution in [2.75, 3.05) is 11.4 Å². The van der Waals surface area contributed by atoms with Crippen molar-refractivity contribution in [3.8, 4) is 11.4 Å². The number of fused-ring (bicyclic) bond motifs is 5. The number of nitrogens with zero attached hydrogens (tertiary/aromatic N) is 5. The number of aromatic nitrogens is 3. The molecule has 45 heavy (non-hydrogen) atoms. The van der Waals surface area contributed by atoms with Crippen LogP contribution in [0.3, 0.4) is 0 Å². The number of anilines is 1. The van der Waals surface area contributed by atoms with Gasteiger partial charge in [-0.3, -0.25) is 4.90 Å². The lowest BCUT2D eigenvalue weighted by Gasteiger charge is -2.28. The Hall–Kier alpha value is -6.07. The summed E-state index contributed by atoms with van der Waals surface area (Å²) in [6, 6.07) is 44.8. The van der Waals surface area contributed by atoms with Crippen molar-refractivity contribution in [3.05, 3.63) is 169 Å². The first-order valence-corrected chi connectivity index (χ1v) is 15.2. The number of rotatable bonds is 4. The first-order chi connectivity index (χ1) is 22.3. The van der Waals surface area contributed by atoms with Gasteiger partial charge in [0, 0.05) is 23.4 Å². The average Bonchev–Trinajstić information content (AvgIpc) is 3.47. The zero-order chi connectivity index (χ0) is 29.7. The van der Waals surface area contributed by atoms with Crippen molar-refractivity contribution in [2.45, 2.75) is 0 Å². The maximum Gasteiger partial charge on any atom is 0.182 e. The van der Waals surface area contributed by atoms with Crippen molar-refractivity contribution in [2.24, 2.45) is 0 Å². The van der Waals surface area contributed by atoms with E-state index in [1.807, 2.05) is 6.07 Å². The predicted molar refractivity (Wildman–Crippen MR) is 184 cm³/mol. The summed E-state index contributed by atoms with van der Waals surface area (Å²) < 4.78 is 0. The molecule has 0 spiro atoms. The lowest BCUT2D eigenvalue weighted by molar-refractivity contribution is 0.546. The fourth-order valence-electron chi connectivity index (χ4n) is 6.78. The number of hydrogen-bond donors (Lipinski definition) is 0. The van der Waals surface area contributed by atoms with Crippen LogP contribution in [0.4, 0.5) is 5.69 Å².